The van der Waals surface area contributed by atoms with E-state index in [2.05, 4.69) is 40.3 Å². The zero-order valence-electron chi connectivity index (χ0n) is 16.8. The second-order valence-electron chi connectivity index (χ2n) is 6.06. The molecule has 0 aliphatic heterocycles. The van der Waals surface area contributed by atoms with Crippen LogP contribution in [0.2, 0.25) is 0 Å². The van der Waals surface area contributed by atoms with E-state index in [1.54, 1.807) is 0 Å². The fourth-order valence-corrected chi connectivity index (χ4v) is 1.96. The molecule has 0 fully saturated rings. The van der Waals surface area contributed by atoms with E-state index in [-0.39, 0.29) is 30.6 Å². The molecule has 0 aliphatic rings. The Morgan fingerprint density at radius 1 is 0.966 bits per heavy atom. The molecule has 1 rings (SSSR count). The van der Waals surface area contributed by atoms with Crippen LogP contribution in [-0.4, -0.2) is 51.7 Å². The summed E-state index contributed by atoms with van der Waals surface area (Å²) in [7, 11) is 5.56. The first-order valence-corrected chi connectivity index (χ1v) is 8.57. The molecule has 1 N–H and O–H groups in total. The second kappa shape index (κ2) is 14.4. The Hall–Kier alpha value is -1.61. The number of nitrogens with one attached hydrogen (secondary N) is 1. The van der Waals surface area contributed by atoms with Gasteiger partial charge in [0.25, 0.3) is 0 Å². The Bertz CT molecular complexity index is 606. The molecule has 0 atom stereocenters. The molecule has 1 aromatic rings. The van der Waals surface area contributed by atoms with Crippen molar-refractivity contribution < 1.29 is 26.3 Å². The van der Waals surface area contributed by atoms with Crippen molar-refractivity contribution in [2.45, 2.75) is 32.2 Å². The third-order valence-corrected chi connectivity index (χ3v) is 3.20. The number of hydrogen-bond acceptors (Lipinski definition) is 4. The van der Waals surface area contributed by atoms with Crippen LogP contribution < -0.4 is 5.32 Å². The Balaban J connectivity index is 0. The monoisotopic (exact) mass is 448 g/mol. The zero-order valence-corrected chi connectivity index (χ0v) is 17.6. The zero-order chi connectivity index (χ0) is 21.8. The van der Waals surface area contributed by atoms with Crippen LogP contribution in [0.25, 0.3) is 0 Å². The Morgan fingerprint density at radius 3 is 1.86 bits per heavy atom. The molecule has 0 amide bonds. The largest absolute Gasteiger partial charge is 0.416 e. The molecule has 29 heavy (non-hydrogen) atoms. The molecule has 0 unspecified atom stereocenters. The molecule has 4 nitrogen and oxygen atoms in total. The molecule has 0 bridgehead atoms. The van der Waals surface area contributed by atoms with Gasteiger partial charge in [-0.05, 0) is 64.8 Å². The molecular formula is C18H27ClF6N4. The summed E-state index contributed by atoms with van der Waals surface area (Å²) in [5.74, 6) is 0. The Kier molecular flexibility index (Phi) is 14.7. The van der Waals surface area contributed by atoms with Gasteiger partial charge in [-0.1, -0.05) is 0 Å². The van der Waals surface area contributed by atoms with Crippen LogP contribution in [0, 0.1) is 0 Å². The minimum Gasteiger partial charge on any atom is -0.316 e. The molecule has 168 valence electrons. The third kappa shape index (κ3) is 14.1. The molecular weight excluding hydrogens is 422 g/mol. The molecule has 0 aromatic heterocycles. The average Bonchev–Trinajstić information content (AvgIpc) is 2.57. The second-order valence-corrected chi connectivity index (χ2v) is 6.06. The van der Waals surface area contributed by atoms with Gasteiger partial charge in [-0.25, -0.2) is 9.98 Å². The molecule has 1 aromatic carbocycles. The van der Waals surface area contributed by atoms with E-state index >= 15 is 0 Å². The van der Waals surface area contributed by atoms with Gasteiger partial charge in [0.05, 0.1) is 23.7 Å². The lowest BCUT2D eigenvalue weighted by Crippen LogP contribution is -2.14. The lowest BCUT2D eigenvalue weighted by atomic mass is 10.0. The maximum absolute atomic E-state index is 12.4. The maximum Gasteiger partial charge on any atom is 0.416 e. The summed E-state index contributed by atoms with van der Waals surface area (Å²) in [6, 6.07) is 4.15. The highest BCUT2D eigenvalue weighted by Crippen LogP contribution is 2.36. The van der Waals surface area contributed by atoms with Crippen molar-refractivity contribution in [3.63, 3.8) is 0 Å². The lowest BCUT2D eigenvalue weighted by molar-refractivity contribution is -0.143. The number of rotatable bonds is 7. The Labute approximate surface area is 173 Å². The summed E-state index contributed by atoms with van der Waals surface area (Å²) in [5.41, 5.74) is -2.65. The fraction of sp³-hybridized carbons (Fsp3) is 0.611. The van der Waals surface area contributed by atoms with Gasteiger partial charge in [0.1, 0.15) is 0 Å². The number of benzene rings is 1. The van der Waals surface area contributed by atoms with E-state index in [9.17, 15) is 26.3 Å². The highest BCUT2D eigenvalue weighted by atomic mass is 35.5. The lowest BCUT2D eigenvalue weighted by Gasteiger charge is -2.13. The number of alkyl halides is 6. The predicted molar refractivity (Wildman–Crippen MR) is 105 cm³/mol. The van der Waals surface area contributed by atoms with Gasteiger partial charge >= 0.3 is 12.4 Å². The van der Waals surface area contributed by atoms with Crippen molar-refractivity contribution in [3.8, 4) is 0 Å². The topological polar surface area (TPSA) is 40.0 Å². The number of halogens is 7. The molecule has 11 heteroatoms. The molecule has 0 spiro atoms. The number of aliphatic imine (C=N–C) groups is 2. The van der Waals surface area contributed by atoms with Gasteiger partial charge in [-0.3, -0.25) is 0 Å². The van der Waals surface area contributed by atoms with Crippen LogP contribution in [0.4, 0.5) is 26.3 Å². The van der Waals surface area contributed by atoms with E-state index in [4.69, 9.17) is 0 Å². The van der Waals surface area contributed by atoms with Crippen LogP contribution in [0.1, 0.15) is 30.0 Å². The number of hydrogen-bond donors (Lipinski definition) is 1. The van der Waals surface area contributed by atoms with E-state index in [0.717, 1.165) is 26.1 Å². The van der Waals surface area contributed by atoms with Crippen molar-refractivity contribution >= 4 is 18.4 Å². The van der Waals surface area contributed by atoms with Crippen LogP contribution in [0.15, 0.2) is 28.2 Å². The van der Waals surface area contributed by atoms with Gasteiger partial charge in [-0.15, -0.1) is 12.4 Å². The van der Waals surface area contributed by atoms with Gasteiger partial charge in [0, 0.05) is 13.1 Å². The quantitative estimate of drug-likeness (QED) is 0.362. The smallest absolute Gasteiger partial charge is 0.316 e. The molecule has 0 saturated heterocycles. The summed E-state index contributed by atoms with van der Waals surface area (Å²) in [4.78, 5) is 9.99. The summed E-state index contributed by atoms with van der Waals surface area (Å²) in [6.07, 6.45) is -8.49. The van der Waals surface area contributed by atoms with Gasteiger partial charge in [-0.2, -0.15) is 26.3 Å². The van der Waals surface area contributed by atoms with E-state index < -0.39 is 23.5 Å². The van der Waals surface area contributed by atoms with Crippen molar-refractivity contribution in [1.82, 2.24) is 10.2 Å². The fourth-order valence-electron chi connectivity index (χ4n) is 1.96. The molecule has 0 aliphatic carbocycles. The van der Waals surface area contributed by atoms with E-state index in [0.29, 0.717) is 12.1 Å². The van der Waals surface area contributed by atoms with Crippen molar-refractivity contribution in [1.29, 1.82) is 0 Å². The molecule has 0 heterocycles. The normalized spacial score (nSPS) is 11.1. The summed E-state index contributed by atoms with van der Waals surface area (Å²) in [5, 5.41) is 2.51. The van der Waals surface area contributed by atoms with Crippen LogP contribution in [-0.2, 0) is 18.9 Å². The first kappa shape index (κ1) is 29.6. The number of nitrogens with zero attached hydrogens (tertiary/aromatic N) is 3. The highest BCUT2D eigenvalue weighted by molar-refractivity contribution is 5.85. The average molecular weight is 449 g/mol. The van der Waals surface area contributed by atoms with Crippen molar-refractivity contribution in [2.24, 2.45) is 9.98 Å². The molecule has 0 saturated carbocycles. The first-order chi connectivity index (χ1) is 12.9. The van der Waals surface area contributed by atoms with Crippen LogP contribution in [0.5, 0.6) is 0 Å². The SMILES string of the molecule is CCN=C=NCCCN(C)C.CNCc1cc(C(F)(F)F)cc(C(F)(F)F)c1.Cl. The minimum absolute atomic E-state index is 0. The van der Waals surface area contributed by atoms with Crippen molar-refractivity contribution in [2.75, 3.05) is 40.8 Å². The minimum atomic E-state index is -4.79. The van der Waals surface area contributed by atoms with Gasteiger partial charge in [0.2, 0.25) is 0 Å². The maximum atomic E-state index is 12.4. The van der Waals surface area contributed by atoms with E-state index in [1.165, 1.54) is 7.05 Å². The standard InChI is InChI=1S/C10H9F6N.C8H17N3.ClH/c1-17-5-6-2-7(9(11,12)13)4-8(3-6)10(14,15)16;1-4-9-8-10-6-5-7-11(2)3;/h2-4,17H,5H2,1H3;4-7H2,1-3H3;1H. The van der Waals surface area contributed by atoms with Crippen LogP contribution in [0.3, 0.4) is 0 Å². The van der Waals surface area contributed by atoms with Gasteiger partial charge < -0.3 is 10.2 Å². The van der Waals surface area contributed by atoms with Crippen molar-refractivity contribution in [3.05, 3.63) is 34.9 Å². The first-order valence-electron chi connectivity index (χ1n) is 8.57. The third-order valence-electron chi connectivity index (χ3n) is 3.20. The van der Waals surface area contributed by atoms with Crippen LogP contribution >= 0.6 is 12.4 Å². The van der Waals surface area contributed by atoms with Gasteiger partial charge in [0.15, 0.2) is 0 Å². The summed E-state index contributed by atoms with van der Waals surface area (Å²) >= 11 is 0. The Morgan fingerprint density at radius 2 is 1.48 bits per heavy atom. The predicted octanol–water partition coefficient (Wildman–Crippen LogP) is 5.00. The molecule has 0 radical (unpaired) electrons. The van der Waals surface area contributed by atoms with E-state index in [1.807, 2.05) is 6.92 Å². The highest BCUT2D eigenvalue weighted by Gasteiger charge is 2.36. The summed E-state index contributed by atoms with van der Waals surface area (Å²) in [6.45, 7) is 4.60. The summed E-state index contributed by atoms with van der Waals surface area (Å²) < 4.78 is 74.3.